The Bertz CT molecular complexity index is 705. The maximum atomic E-state index is 12.4. The van der Waals surface area contributed by atoms with Crippen LogP contribution in [0.25, 0.3) is 10.9 Å². The molecule has 0 amide bonds. The number of hydrogen-bond acceptors (Lipinski definition) is 4. The molecule has 0 aliphatic heterocycles. The first-order chi connectivity index (χ1) is 9.63. The van der Waals surface area contributed by atoms with Gasteiger partial charge in [-0.1, -0.05) is 0 Å². The third-order valence-corrected chi connectivity index (χ3v) is 4.97. The third-order valence-electron chi connectivity index (χ3n) is 2.60. The topological polar surface area (TPSA) is 59.2 Å². The van der Waals surface area contributed by atoms with Gasteiger partial charge >= 0.3 is 131 Å². The number of rotatable bonds is 5. The number of aromatic amines is 1. The standard InChI is InChI=1S/C14H11NO3S.W/c1-18-14(17)6-7-19-9-13(16)11-8-15-12-5-3-2-4-10(11)12;/h2-8,15H,1H3;. The normalized spacial score (nSPS) is 10.8. The Morgan fingerprint density at radius 3 is 2.85 bits per heavy atom. The van der Waals surface area contributed by atoms with E-state index in [0.717, 1.165) is 30.3 Å². The predicted octanol–water partition coefficient (Wildman–Crippen LogP) is 2.45. The Morgan fingerprint density at radius 1 is 1.35 bits per heavy atom. The quantitative estimate of drug-likeness (QED) is 0.426. The monoisotopic (exact) mass is 457 g/mol. The fraction of sp³-hybridized carbons (Fsp3) is 0.0714. The first kappa shape index (κ1) is 14.9. The molecule has 4 nitrogen and oxygen atoms in total. The summed E-state index contributed by atoms with van der Waals surface area (Å²) in [5.74, 6) is -0.447. The van der Waals surface area contributed by atoms with Crippen molar-refractivity contribution in [3.63, 3.8) is 0 Å². The first-order valence-electron chi connectivity index (χ1n) is 5.69. The molecule has 20 heavy (non-hydrogen) atoms. The molecule has 1 aromatic heterocycles. The first-order valence-corrected chi connectivity index (χ1v) is 8.04. The van der Waals surface area contributed by atoms with E-state index >= 15 is 0 Å². The van der Waals surface area contributed by atoms with Crippen molar-refractivity contribution in [2.75, 3.05) is 7.11 Å². The molecule has 1 heterocycles. The van der Waals surface area contributed by atoms with Crippen LogP contribution in [-0.2, 0) is 28.9 Å². The van der Waals surface area contributed by atoms with E-state index in [1.807, 2.05) is 24.3 Å². The Hall–Kier alpha value is -1.45. The number of hydrogen-bond donors (Lipinski definition) is 1. The summed E-state index contributed by atoms with van der Waals surface area (Å²) < 4.78 is 5.17. The zero-order chi connectivity index (χ0) is 14.5. The number of thioether (sulfide) groups is 1. The van der Waals surface area contributed by atoms with Gasteiger partial charge in [0, 0.05) is 0 Å². The van der Waals surface area contributed by atoms with E-state index in [-0.39, 0.29) is 5.78 Å². The summed E-state index contributed by atoms with van der Waals surface area (Å²) in [6, 6.07) is 7.66. The van der Waals surface area contributed by atoms with Crippen LogP contribution in [0.3, 0.4) is 0 Å². The predicted molar refractivity (Wildman–Crippen MR) is 76.4 cm³/mol. The fourth-order valence-corrected chi connectivity index (χ4v) is 3.16. The van der Waals surface area contributed by atoms with Gasteiger partial charge in [0.1, 0.15) is 0 Å². The molecule has 0 aliphatic rings. The molecular weight excluding hydrogens is 446 g/mol. The zero-order valence-electron chi connectivity index (χ0n) is 10.6. The van der Waals surface area contributed by atoms with Gasteiger partial charge in [0.25, 0.3) is 0 Å². The van der Waals surface area contributed by atoms with Crippen LogP contribution in [0.15, 0.2) is 41.9 Å². The molecule has 1 N–H and O–H groups in total. The van der Waals surface area contributed by atoms with E-state index in [9.17, 15) is 9.59 Å². The van der Waals surface area contributed by atoms with Crippen LogP contribution >= 0.6 is 11.8 Å². The van der Waals surface area contributed by atoms with Crippen molar-refractivity contribution in [2.45, 2.75) is 0 Å². The van der Waals surface area contributed by atoms with Crippen LogP contribution in [0.2, 0.25) is 0 Å². The second-order valence-electron chi connectivity index (χ2n) is 3.81. The Balaban J connectivity index is 2.13. The van der Waals surface area contributed by atoms with E-state index in [2.05, 4.69) is 9.72 Å². The van der Waals surface area contributed by atoms with Crippen LogP contribution < -0.4 is 0 Å². The van der Waals surface area contributed by atoms with Gasteiger partial charge in [-0.3, -0.25) is 0 Å². The summed E-state index contributed by atoms with van der Waals surface area (Å²) in [5.41, 5.74) is 1.60. The zero-order valence-corrected chi connectivity index (χ0v) is 14.3. The van der Waals surface area contributed by atoms with Crippen molar-refractivity contribution in [3.05, 3.63) is 47.5 Å². The molecule has 102 valence electrons. The van der Waals surface area contributed by atoms with E-state index in [0.29, 0.717) is 8.79 Å². The van der Waals surface area contributed by atoms with Crippen LogP contribution in [-0.4, -0.2) is 27.1 Å². The van der Waals surface area contributed by atoms with Gasteiger partial charge in [0.2, 0.25) is 0 Å². The number of carbonyl (C=O) groups is 2. The molecular formula is C14H11NO3SW. The SMILES string of the molecule is COC(=O)C=CS[C](=[W])C(=O)c1c[nH]c2ccccc12. The number of para-hydroxylation sites is 1. The molecule has 0 radical (unpaired) electrons. The van der Waals surface area contributed by atoms with Gasteiger partial charge in [0.15, 0.2) is 0 Å². The number of esters is 1. The number of benzene rings is 1. The third kappa shape index (κ3) is 3.35. The summed E-state index contributed by atoms with van der Waals surface area (Å²) >= 11 is 2.31. The van der Waals surface area contributed by atoms with Crippen LogP contribution in [0, 0.1) is 0 Å². The van der Waals surface area contributed by atoms with Crippen molar-refractivity contribution in [2.24, 2.45) is 0 Å². The van der Waals surface area contributed by atoms with E-state index < -0.39 is 5.97 Å². The number of ketones is 1. The van der Waals surface area contributed by atoms with Gasteiger partial charge in [-0.15, -0.1) is 0 Å². The number of ether oxygens (including phenoxy) is 1. The van der Waals surface area contributed by atoms with Gasteiger partial charge in [-0.05, 0) is 0 Å². The number of methoxy groups -OCH3 is 1. The van der Waals surface area contributed by atoms with Crippen molar-refractivity contribution >= 4 is 37.6 Å². The molecule has 2 aromatic rings. The molecule has 0 saturated heterocycles. The Labute approximate surface area is 131 Å². The fourth-order valence-electron chi connectivity index (χ4n) is 1.64. The Kier molecular flexibility index (Phi) is 5.10. The molecule has 0 unspecified atom stereocenters. The summed E-state index contributed by atoms with van der Waals surface area (Å²) in [7, 11) is 1.32. The second-order valence-corrected chi connectivity index (χ2v) is 7.22. The second kappa shape index (κ2) is 6.82. The number of H-pyrrole nitrogens is 1. The molecule has 6 heteroatoms. The molecule has 0 saturated carbocycles. The van der Waals surface area contributed by atoms with Crippen molar-refractivity contribution < 1.29 is 33.7 Å². The number of fused-ring (bicyclic) bond motifs is 1. The molecule has 0 spiro atoms. The van der Waals surface area contributed by atoms with Gasteiger partial charge in [-0.2, -0.15) is 0 Å². The van der Waals surface area contributed by atoms with E-state index in [4.69, 9.17) is 0 Å². The number of nitrogens with one attached hydrogen (secondary N) is 1. The maximum absolute atomic E-state index is 12.4. The molecule has 1 aromatic carbocycles. The van der Waals surface area contributed by atoms with E-state index in [1.165, 1.54) is 24.9 Å². The van der Waals surface area contributed by atoms with Crippen LogP contribution in [0.1, 0.15) is 10.4 Å². The van der Waals surface area contributed by atoms with Gasteiger partial charge < -0.3 is 0 Å². The Morgan fingerprint density at radius 2 is 2.10 bits per heavy atom. The number of Topliss-reactive ketones (excluding diaryl/α,β-unsaturated/α-hetero) is 1. The van der Waals surface area contributed by atoms with Crippen LogP contribution in [0.5, 0.6) is 0 Å². The van der Waals surface area contributed by atoms with E-state index in [1.54, 1.807) is 11.6 Å². The summed E-state index contributed by atoms with van der Waals surface area (Å²) in [6.45, 7) is 0. The average molecular weight is 457 g/mol. The van der Waals surface area contributed by atoms with Crippen molar-refractivity contribution in [1.29, 1.82) is 0 Å². The van der Waals surface area contributed by atoms with Crippen molar-refractivity contribution in [1.82, 2.24) is 4.98 Å². The number of carbonyl (C=O) groups excluding carboxylic acids is 2. The van der Waals surface area contributed by atoms with Crippen LogP contribution in [0.4, 0.5) is 0 Å². The average Bonchev–Trinajstić information content (AvgIpc) is 2.90. The minimum atomic E-state index is -0.431. The summed E-state index contributed by atoms with van der Waals surface area (Å²) in [4.78, 5) is 26.4. The molecule has 0 bridgehead atoms. The van der Waals surface area contributed by atoms with Gasteiger partial charge in [-0.25, -0.2) is 0 Å². The summed E-state index contributed by atoms with van der Waals surface area (Å²) in [6.07, 6.45) is 3.02. The summed E-state index contributed by atoms with van der Waals surface area (Å²) in [5, 5.41) is 2.48. The van der Waals surface area contributed by atoms with Gasteiger partial charge in [0.05, 0.1) is 0 Å². The molecule has 0 aliphatic carbocycles. The molecule has 0 atom stereocenters. The van der Waals surface area contributed by atoms with Crippen molar-refractivity contribution in [3.8, 4) is 0 Å². The minimum absolute atomic E-state index is 0.0167. The molecule has 2 rings (SSSR count). The number of aromatic nitrogens is 1. The molecule has 0 fully saturated rings.